The van der Waals surface area contributed by atoms with E-state index in [2.05, 4.69) is 0 Å². The zero-order valence-corrected chi connectivity index (χ0v) is 11.7. The highest BCUT2D eigenvalue weighted by Crippen LogP contribution is 2.23. The van der Waals surface area contributed by atoms with E-state index in [1.165, 1.54) is 25.2 Å². The van der Waals surface area contributed by atoms with Gasteiger partial charge in [-0.15, -0.1) is 0 Å². The van der Waals surface area contributed by atoms with Crippen molar-refractivity contribution in [1.29, 1.82) is 0 Å². The molecule has 0 heterocycles. The molecule has 106 valence electrons. The van der Waals surface area contributed by atoms with E-state index in [-0.39, 0.29) is 11.3 Å². The Morgan fingerprint density at radius 3 is 2.58 bits per heavy atom. The lowest BCUT2D eigenvalue weighted by Crippen LogP contribution is -2.40. The van der Waals surface area contributed by atoms with Crippen molar-refractivity contribution in [3.8, 4) is 0 Å². The van der Waals surface area contributed by atoms with E-state index in [4.69, 9.17) is 5.73 Å². The highest BCUT2D eigenvalue weighted by Gasteiger charge is 2.31. The van der Waals surface area contributed by atoms with E-state index in [1.54, 1.807) is 6.92 Å². The molecule has 1 amide bonds. The largest absolute Gasteiger partial charge is 0.368 e. The van der Waals surface area contributed by atoms with Crippen molar-refractivity contribution < 1.29 is 17.6 Å². The molecule has 1 atom stereocenters. The molecule has 5 nitrogen and oxygen atoms in total. The lowest BCUT2D eigenvalue weighted by Gasteiger charge is -2.25. The van der Waals surface area contributed by atoms with Crippen molar-refractivity contribution in [2.75, 3.05) is 12.8 Å². The minimum absolute atomic E-state index is 0.0946. The molecule has 0 saturated carbocycles. The molecule has 0 saturated heterocycles. The molecular weight excluding hydrogens is 271 g/mol. The third-order valence-electron chi connectivity index (χ3n) is 2.70. The normalized spacial score (nSPS) is 13.5. The molecule has 0 aliphatic carbocycles. The van der Waals surface area contributed by atoms with Gasteiger partial charge in [0.2, 0.25) is 15.9 Å². The lowest BCUT2D eigenvalue weighted by atomic mass is 10.1. The fourth-order valence-corrected chi connectivity index (χ4v) is 3.14. The fraction of sp³-hybridized carbons (Fsp3) is 0.417. The van der Waals surface area contributed by atoms with Crippen LogP contribution < -0.4 is 5.73 Å². The summed E-state index contributed by atoms with van der Waals surface area (Å²) in [6.45, 7) is 1.72. The Balaban J connectivity index is 3.19. The maximum absolute atomic E-state index is 13.2. The Hall–Kier alpha value is -1.47. The average molecular weight is 288 g/mol. The SMILES string of the molecule is CCCS(=O)(=O)N(C)C(C(N)=O)c1cccc(F)c1. The molecule has 0 spiro atoms. The van der Waals surface area contributed by atoms with Crippen molar-refractivity contribution in [1.82, 2.24) is 4.31 Å². The quantitative estimate of drug-likeness (QED) is 0.848. The number of halogens is 1. The zero-order valence-electron chi connectivity index (χ0n) is 10.8. The molecule has 0 aliphatic heterocycles. The number of hydrogen-bond donors (Lipinski definition) is 1. The van der Waals surface area contributed by atoms with Crippen molar-refractivity contribution in [2.24, 2.45) is 5.73 Å². The van der Waals surface area contributed by atoms with Crippen LogP contribution in [0.15, 0.2) is 24.3 Å². The van der Waals surface area contributed by atoms with Crippen molar-refractivity contribution in [2.45, 2.75) is 19.4 Å². The molecule has 0 aliphatic rings. The van der Waals surface area contributed by atoms with Gasteiger partial charge in [0.15, 0.2) is 0 Å². The van der Waals surface area contributed by atoms with E-state index in [0.29, 0.717) is 6.42 Å². The van der Waals surface area contributed by atoms with Crippen LogP contribution in [0.2, 0.25) is 0 Å². The maximum Gasteiger partial charge on any atom is 0.240 e. The van der Waals surface area contributed by atoms with Crippen LogP contribution in [0.1, 0.15) is 24.9 Å². The predicted molar refractivity (Wildman–Crippen MR) is 70.2 cm³/mol. The van der Waals surface area contributed by atoms with Crippen LogP contribution in [-0.2, 0) is 14.8 Å². The first-order chi connectivity index (χ1) is 8.79. The summed E-state index contributed by atoms with van der Waals surface area (Å²) in [7, 11) is -2.34. The summed E-state index contributed by atoms with van der Waals surface area (Å²) in [5, 5.41) is 0. The van der Waals surface area contributed by atoms with Crippen molar-refractivity contribution in [3.05, 3.63) is 35.6 Å². The van der Waals surface area contributed by atoms with E-state index in [0.717, 1.165) is 10.4 Å². The van der Waals surface area contributed by atoms with Crippen LogP contribution in [0.3, 0.4) is 0 Å². The fourth-order valence-electron chi connectivity index (χ4n) is 1.79. The second-order valence-corrected chi connectivity index (χ2v) is 6.34. The second-order valence-electron chi connectivity index (χ2n) is 4.19. The molecule has 2 N–H and O–H groups in total. The highest BCUT2D eigenvalue weighted by atomic mass is 32.2. The van der Waals surface area contributed by atoms with Gasteiger partial charge in [-0.25, -0.2) is 12.8 Å². The summed E-state index contributed by atoms with van der Waals surface area (Å²) in [6, 6.07) is 3.99. The van der Waals surface area contributed by atoms with E-state index >= 15 is 0 Å². The highest BCUT2D eigenvalue weighted by molar-refractivity contribution is 7.89. The first-order valence-electron chi connectivity index (χ1n) is 5.80. The number of carbonyl (C=O) groups excluding carboxylic acids is 1. The lowest BCUT2D eigenvalue weighted by molar-refractivity contribution is -0.121. The Labute approximate surface area is 112 Å². The number of sulfonamides is 1. The van der Waals surface area contributed by atoms with Gasteiger partial charge in [-0.3, -0.25) is 4.79 Å². The summed E-state index contributed by atoms with van der Waals surface area (Å²) >= 11 is 0. The van der Waals surface area contributed by atoms with Gasteiger partial charge in [0.05, 0.1) is 5.75 Å². The van der Waals surface area contributed by atoms with Crippen LogP contribution in [-0.4, -0.2) is 31.4 Å². The number of nitrogens with zero attached hydrogens (tertiary/aromatic N) is 1. The van der Waals surface area contributed by atoms with E-state index in [9.17, 15) is 17.6 Å². The van der Waals surface area contributed by atoms with Crippen LogP contribution in [0, 0.1) is 5.82 Å². The van der Waals surface area contributed by atoms with Gasteiger partial charge in [-0.2, -0.15) is 4.31 Å². The number of likely N-dealkylation sites (N-methyl/N-ethyl adjacent to an activating group) is 1. The number of benzene rings is 1. The van der Waals surface area contributed by atoms with Crippen LogP contribution in [0.25, 0.3) is 0 Å². The van der Waals surface area contributed by atoms with Gasteiger partial charge in [0.25, 0.3) is 0 Å². The van der Waals surface area contributed by atoms with Gasteiger partial charge in [0.1, 0.15) is 11.9 Å². The standard InChI is InChI=1S/C12H17FN2O3S/c1-3-7-19(17,18)15(2)11(12(14)16)9-5-4-6-10(13)8-9/h4-6,8,11H,3,7H2,1-2H3,(H2,14,16). The summed E-state index contributed by atoms with van der Waals surface area (Å²) in [4.78, 5) is 11.5. The molecule has 7 heteroatoms. The first kappa shape index (κ1) is 15.6. The molecule has 1 aromatic carbocycles. The van der Waals surface area contributed by atoms with Gasteiger partial charge in [0, 0.05) is 7.05 Å². The smallest absolute Gasteiger partial charge is 0.240 e. The maximum atomic E-state index is 13.2. The van der Waals surface area contributed by atoms with Crippen LogP contribution >= 0.6 is 0 Å². The number of amides is 1. The molecule has 1 unspecified atom stereocenters. The summed E-state index contributed by atoms with van der Waals surface area (Å²) in [6.07, 6.45) is 0.418. The van der Waals surface area contributed by atoms with Gasteiger partial charge < -0.3 is 5.73 Å². The number of carbonyl (C=O) groups is 1. The van der Waals surface area contributed by atoms with Crippen molar-refractivity contribution in [3.63, 3.8) is 0 Å². The number of rotatable bonds is 6. The number of hydrogen-bond acceptors (Lipinski definition) is 3. The Kier molecular flexibility index (Phi) is 5.02. The number of nitrogens with two attached hydrogens (primary N) is 1. The molecule has 0 radical (unpaired) electrons. The second kappa shape index (κ2) is 6.12. The first-order valence-corrected chi connectivity index (χ1v) is 7.41. The molecular formula is C12H17FN2O3S. The monoisotopic (exact) mass is 288 g/mol. The third-order valence-corrected chi connectivity index (χ3v) is 4.71. The molecule has 1 rings (SSSR count). The zero-order chi connectivity index (χ0) is 14.6. The Morgan fingerprint density at radius 1 is 1.47 bits per heavy atom. The minimum atomic E-state index is -3.61. The minimum Gasteiger partial charge on any atom is -0.368 e. The van der Waals surface area contributed by atoms with Crippen molar-refractivity contribution >= 4 is 15.9 Å². The molecule has 0 fully saturated rings. The summed E-state index contributed by atoms with van der Waals surface area (Å²) in [5.41, 5.74) is 5.46. The summed E-state index contributed by atoms with van der Waals surface area (Å²) in [5.74, 6) is -1.49. The predicted octanol–water partition coefficient (Wildman–Crippen LogP) is 1.02. The molecule has 0 aromatic heterocycles. The average Bonchev–Trinajstić information content (AvgIpc) is 2.28. The summed E-state index contributed by atoms with van der Waals surface area (Å²) < 4.78 is 38.0. The van der Waals surface area contributed by atoms with Gasteiger partial charge in [-0.05, 0) is 24.1 Å². The number of primary amides is 1. The van der Waals surface area contributed by atoms with Gasteiger partial charge in [-0.1, -0.05) is 19.1 Å². The third kappa shape index (κ3) is 3.74. The van der Waals surface area contributed by atoms with E-state index < -0.39 is 27.8 Å². The molecule has 1 aromatic rings. The molecule has 0 bridgehead atoms. The topological polar surface area (TPSA) is 80.5 Å². The van der Waals surface area contributed by atoms with Gasteiger partial charge >= 0.3 is 0 Å². The molecule has 19 heavy (non-hydrogen) atoms. The van der Waals surface area contributed by atoms with E-state index in [1.807, 2.05) is 0 Å². The Morgan fingerprint density at radius 2 is 2.11 bits per heavy atom. The van der Waals surface area contributed by atoms with Crippen LogP contribution in [0.4, 0.5) is 4.39 Å². The van der Waals surface area contributed by atoms with Crippen LogP contribution in [0.5, 0.6) is 0 Å². The Bertz CT molecular complexity index is 560.